The van der Waals surface area contributed by atoms with Gasteiger partial charge in [-0.25, -0.2) is 9.67 Å². The molecule has 168 valence electrons. The van der Waals surface area contributed by atoms with E-state index in [0.29, 0.717) is 24.2 Å². The van der Waals surface area contributed by atoms with Gasteiger partial charge in [0, 0.05) is 43.1 Å². The minimum Gasteiger partial charge on any atom is -0.492 e. The monoisotopic (exact) mass is 435 g/mol. The van der Waals surface area contributed by atoms with Crippen LogP contribution in [0, 0.1) is 6.92 Å². The van der Waals surface area contributed by atoms with Gasteiger partial charge >= 0.3 is 0 Å². The van der Waals surface area contributed by atoms with Gasteiger partial charge in [0.05, 0.1) is 12.3 Å². The topological polar surface area (TPSA) is 90.9 Å². The number of anilines is 1. The Balaban J connectivity index is 1.64. The molecule has 3 heterocycles. The summed E-state index contributed by atoms with van der Waals surface area (Å²) in [7, 11) is 1.91. The number of hydrogen-bond donors (Lipinski definition) is 1. The summed E-state index contributed by atoms with van der Waals surface area (Å²) in [6.45, 7) is 9.78. The molecule has 1 saturated heterocycles. The van der Waals surface area contributed by atoms with E-state index in [2.05, 4.69) is 39.4 Å². The average molecular weight is 436 g/mol. The molecule has 0 spiro atoms. The average Bonchev–Trinajstić information content (AvgIpc) is 3.40. The van der Waals surface area contributed by atoms with E-state index in [1.54, 1.807) is 6.33 Å². The highest BCUT2D eigenvalue weighted by Crippen LogP contribution is 2.31. The Morgan fingerprint density at radius 2 is 2.09 bits per heavy atom. The molecule has 1 aliphatic rings. The van der Waals surface area contributed by atoms with Crippen LogP contribution in [-0.4, -0.2) is 51.9 Å². The molecular formula is C23H29N7O2. The molecule has 0 aliphatic carbocycles. The SMILES string of the molecule is C=N/C(=N\n1c(C)ccc1C1CCOCC1)Nc1ccc(-c2nncn2C)cc1OCC. The molecule has 1 aliphatic heterocycles. The van der Waals surface area contributed by atoms with Crippen LogP contribution >= 0.6 is 0 Å². The summed E-state index contributed by atoms with van der Waals surface area (Å²) in [6.07, 6.45) is 3.65. The number of nitrogens with zero attached hydrogens (tertiary/aromatic N) is 6. The third-order valence-electron chi connectivity index (χ3n) is 5.56. The molecule has 1 aromatic carbocycles. The van der Waals surface area contributed by atoms with E-state index in [-0.39, 0.29) is 0 Å². The second-order valence-corrected chi connectivity index (χ2v) is 7.71. The van der Waals surface area contributed by atoms with Crippen molar-refractivity contribution < 1.29 is 9.47 Å². The van der Waals surface area contributed by atoms with Gasteiger partial charge in [0.25, 0.3) is 0 Å². The number of ether oxygens (including phenoxy) is 2. The summed E-state index contributed by atoms with van der Waals surface area (Å²) < 4.78 is 15.2. The molecule has 0 amide bonds. The van der Waals surface area contributed by atoms with Crippen molar-refractivity contribution in [2.45, 2.75) is 32.6 Å². The predicted molar refractivity (Wildman–Crippen MR) is 126 cm³/mol. The molecule has 1 N–H and O–H groups in total. The number of guanidine groups is 1. The van der Waals surface area contributed by atoms with Gasteiger partial charge in [-0.05, 0) is 63.7 Å². The van der Waals surface area contributed by atoms with Crippen LogP contribution in [-0.2, 0) is 11.8 Å². The highest BCUT2D eigenvalue weighted by atomic mass is 16.5. The van der Waals surface area contributed by atoms with Gasteiger partial charge in [0.15, 0.2) is 5.82 Å². The van der Waals surface area contributed by atoms with Gasteiger partial charge < -0.3 is 19.4 Å². The van der Waals surface area contributed by atoms with Crippen molar-refractivity contribution in [2.75, 3.05) is 25.1 Å². The standard InChI is InChI=1S/C23H29N7O2/c1-5-32-21-14-18(22-27-25-15-29(22)4)7-8-19(21)26-23(24-3)28-30-16(2)6-9-20(30)17-10-12-31-13-11-17/h6-9,14-15,17H,3,5,10-13H2,1-2,4H3,(H,26,28). The molecule has 4 rings (SSSR count). The molecule has 2 aromatic heterocycles. The Labute approximate surface area is 187 Å². The smallest absolute Gasteiger partial charge is 0.244 e. The van der Waals surface area contributed by atoms with E-state index in [1.807, 2.05) is 48.3 Å². The molecule has 1 fully saturated rings. The van der Waals surface area contributed by atoms with Crippen LogP contribution < -0.4 is 10.1 Å². The fourth-order valence-electron chi connectivity index (χ4n) is 3.89. The summed E-state index contributed by atoms with van der Waals surface area (Å²) >= 11 is 0. The Kier molecular flexibility index (Phi) is 6.65. The van der Waals surface area contributed by atoms with Gasteiger partial charge in [0.1, 0.15) is 12.1 Å². The fraction of sp³-hybridized carbons (Fsp3) is 0.391. The van der Waals surface area contributed by atoms with Crippen LogP contribution in [0.4, 0.5) is 5.69 Å². The molecule has 9 nitrogen and oxygen atoms in total. The number of aromatic nitrogens is 4. The molecule has 0 unspecified atom stereocenters. The summed E-state index contributed by atoms with van der Waals surface area (Å²) in [4.78, 5) is 4.13. The first-order valence-electron chi connectivity index (χ1n) is 10.8. The largest absolute Gasteiger partial charge is 0.492 e. The van der Waals surface area contributed by atoms with Crippen molar-refractivity contribution >= 4 is 18.4 Å². The summed E-state index contributed by atoms with van der Waals surface area (Å²) in [6, 6.07) is 10.0. The molecule has 0 bridgehead atoms. The minimum absolute atomic E-state index is 0.393. The Hall–Kier alpha value is -3.46. The lowest BCUT2D eigenvalue weighted by atomic mass is 9.97. The lowest BCUT2D eigenvalue weighted by molar-refractivity contribution is 0.0839. The van der Waals surface area contributed by atoms with E-state index in [1.165, 1.54) is 0 Å². The van der Waals surface area contributed by atoms with Crippen LogP contribution in [0.2, 0.25) is 0 Å². The zero-order chi connectivity index (χ0) is 22.5. The zero-order valence-corrected chi connectivity index (χ0v) is 18.8. The van der Waals surface area contributed by atoms with Gasteiger partial charge in [-0.15, -0.1) is 15.3 Å². The third kappa shape index (κ3) is 4.57. The zero-order valence-electron chi connectivity index (χ0n) is 18.8. The number of benzene rings is 1. The Bertz CT molecular complexity index is 1110. The first-order chi connectivity index (χ1) is 15.6. The lowest BCUT2D eigenvalue weighted by Crippen LogP contribution is -2.18. The summed E-state index contributed by atoms with van der Waals surface area (Å²) in [5.41, 5.74) is 3.86. The highest BCUT2D eigenvalue weighted by molar-refractivity contribution is 5.97. The van der Waals surface area contributed by atoms with Crippen molar-refractivity contribution in [1.82, 2.24) is 19.4 Å². The van der Waals surface area contributed by atoms with E-state index in [4.69, 9.17) is 14.6 Å². The molecule has 0 radical (unpaired) electrons. The number of aryl methyl sites for hydroxylation is 2. The molecule has 3 aromatic rings. The summed E-state index contributed by atoms with van der Waals surface area (Å²) in [5, 5.41) is 16.2. The van der Waals surface area contributed by atoms with Crippen LogP contribution in [0.25, 0.3) is 11.4 Å². The molecular weight excluding hydrogens is 406 g/mol. The maximum Gasteiger partial charge on any atom is 0.244 e. The van der Waals surface area contributed by atoms with Crippen LogP contribution in [0.1, 0.15) is 37.1 Å². The number of rotatable bonds is 6. The molecule has 32 heavy (non-hydrogen) atoms. The second kappa shape index (κ2) is 9.78. The molecule has 0 atom stereocenters. The number of nitrogens with one attached hydrogen (secondary N) is 1. The Morgan fingerprint density at radius 1 is 1.28 bits per heavy atom. The maximum absolute atomic E-state index is 5.88. The van der Waals surface area contributed by atoms with Crippen LogP contribution in [0.3, 0.4) is 0 Å². The van der Waals surface area contributed by atoms with E-state index in [9.17, 15) is 0 Å². The van der Waals surface area contributed by atoms with Crippen molar-refractivity contribution in [1.29, 1.82) is 0 Å². The van der Waals surface area contributed by atoms with E-state index >= 15 is 0 Å². The van der Waals surface area contributed by atoms with Gasteiger partial charge in [-0.2, -0.15) is 0 Å². The first-order valence-corrected chi connectivity index (χ1v) is 10.8. The van der Waals surface area contributed by atoms with E-state index in [0.717, 1.165) is 54.5 Å². The number of hydrogen-bond acceptors (Lipinski definition) is 5. The van der Waals surface area contributed by atoms with Crippen LogP contribution in [0.15, 0.2) is 46.8 Å². The molecule has 9 heteroatoms. The normalized spacial score (nSPS) is 15.0. The number of aliphatic imine (C=N–C) groups is 1. The third-order valence-corrected chi connectivity index (χ3v) is 5.56. The first kappa shape index (κ1) is 21.8. The Morgan fingerprint density at radius 3 is 2.78 bits per heavy atom. The minimum atomic E-state index is 0.393. The van der Waals surface area contributed by atoms with Gasteiger partial charge in [0.2, 0.25) is 5.96 Å². The fourth-order valence-corrected chi connectivity index (χ4v) is 3.89. The van der Waals surface area contributed by atoms with Crippen molar-refractivity contribution in [3.63, 3.8) is 0 Å². The van der Waals surface area contributed by atoms with Gasteiger partial charge in [-0.1, -0.05) is 0 Å². The van der Waals surface area contributed by atoms with Crippen molar-refractivity contribution in [3.05, 3.63) is 48.0 Å². The van der Waals surface area contributed by atoms with Gasteiger partial charge in [-0.3, -0.25) is 0 Å². The predicted octanol–water partition coefficient (Wildman–Crippen LogP) is 3.82. The van der Waals surface area contributed by atoms with Crippen molar-refractivity contribution in [3.8, 4) is 17.1 Å². The van der Waals surface area contributed by atoms with Crippen LogP contribution in [0.5, 0.6) is 5.75 Å². The lowest BCUT2D eigenvalue weighted by Gasteiger charge is -2.23. The highest BCUT2D eigenvalue weighted by Gasteiger charge is 2.20. The summed E-state index contributed by atoms with van der Waals surface area (Å²) in [5.74, 6) is 2.25. The maximum atomic E-state index is 5.88. The second-order valence-electron chi connectivity index (χ2n) is 7.71. The van der Waals surface area contributed by atoms with Crippen molar-refractivity contribution in [2.24, 2.45) is 17.1 Å². The molecule has 0 saturated carbocycles. The quantitative estimate of drug-likeness (QED) is 0.470. The van der Waals surface area contributed by atoms with E-state index < -0.39 is 0 Å².